The van der Waals surface area contributed by atoms with Gasteiger partial charge in [0.15, 0.2) is 0 Å². The van der Waals surface area contributed by atoms with Crippen molar-refractivity contribution in [3.8, 4) is 0 Å². The van der Waals surface area contributed by atoms with E-state index in [2.05, 4.69) is 0 Å². The molecular formula is C11H10NO3-. The molecule has 15 heavy (non-hydrogen) atoms. The Kier molecular flexibility index (Phi) is 1.74. The second kappa shape index (κ2) is 2.98. The van der Waals surface area contributed by atoms with Crippen LogP contribution in [0.1, 0.15) is 17.5 Å². The summed E-state index contributed by atoms with van der Waals surface area (Å²) in [5.41, 5.74) is 3.17. The molecule has 1 aliphatic rings. The van der Waals surface area contributed by atoms with Crippen molar-refractivity contribution in [3.63, 3.8) is 0 Å². The molecule has 0 amide bonds. The van der Waals surface area contributed by atoms with E-state index in [1.54, 1.807) is 18.4 Å². The third-order valence-corrected chi connectivity index (χ3v) is 2.98. The number of furan rings is 1. The fourth-order valence-electron chi connectivity index (χ4n) is 2.33. The maximum absolute atomic E-state index is 11.0. The van der Waals surface area contributed by atoms with Gasteiger partial charge in [-0.1, -0.05) is 0 Å². The summed E-state index contributed by atoms with van der Waals surface area (Å²) in [5, 5.41) is 20.9. The van der Waals surface area contributed by atoms with Crippen molar-refractivity contribution in [1.82, 2.24) is 0 Å². The molecule has 4 heteroatoms. The van der Waals surface area contributed by atoms with Crippen molar-refractivity contribution in [2.75, 3.05) is 5.23 Å². The maximum atomic E-state index is 11.0. The topological polar surface area (TPSA) is 59.7 Å². The molecule has 2 aromatic rings. The molecule has 0 radical (unpaired) electrons. The molecule has 3 rings (SSSR count). The molecule has 0 spiro atoms. The minimum absolute atomic E-state index is 0.0587. The van der Waals surface area contributed by atoms with Crippen LogP contribution in [0.15, 0.2) is 22.8 Å². The Balaban J connectivity index is 2.37. The fourth-order valence-corrected chi connectivity index (χ4v) is 2.33. The van der Waals surface area contributed by atoms with Crippen LogP contribution in [-0.2, 0) is 12.8 Å². The van der Waals surface area contributed by atoms with E-state index in [4.69, 9.17) is 9.62 Å². The summed E-state index contributed by atoms with van der Waals surface area (Å²) in [6.07, 6.45) is 4.53. The van der Waals surface area contributed by atoms with Crippen LogP contribution in [-0.4, -0.2) is 5.21 Å². The Morgan fingerprint density at radius 2 is 2.20 bits per heavy atom. The predicted molar refractivity (Wildman–Crippen MR) is 55.9 cm³/mol. The molecule has 0 saturated heterocycles. The molecule has 0 aliphatic heterocycles. The van der Waals surface area contributed by atoms with Crippen LogP contribution in [0.2, 0.25) is 0 Å². The maximum Gasteiger partial charge on any atom is 0.134 e. The molecule has 0 fully saturated rings. The van der Waals surface area contributed by atoms with Crippen LogP contribution in [0.5, 0.6) is 0 Å². The molecule has 0 atom stereocenters. The predicted octanol–water partition coefficient (Wildman–Crippen LogP) is 2.61. The lowest BCUT2D eigenvalue weighted by Crippen LogP contribution is -2.11. The SMILES string of the molecule is [O-]N(O)c1ccc2occ3c2c1CCC3. The Labute approximate surface area is 86.3 Å². The first-order valence-corrected chi connectivity index (χ1v) is 4.95. The van der Waals surface area contributed by atoms with Gasteiger partial charge in [-0.15, -0.1) is 0 Å². The zero-order chi connectivity index (χ0) is 10.4. The van der Waals surface area contributed by atoms with Gasteiger partial charge in [-0.3, -0.25) is 5.21 Å². The Hall–Kier alpha value is -1.52. The molecule has 1 heterocycles. The van der Waals surface area contributed by atoms with Gasteiger partial charge in [0.05, 0.1) is 12.0 Å². The van der Waals surface area contributed by atoms with E-state index in [-0.39, 0.29) is 5.23 Å². The Morgan fingerprint density at radius 1 is 1.33 bits per heavy atom. The van der Waals surface area contributed by atoms with Gasteiger partial charge in [-0.05, 0) is 42.5 Å². The smallest absolute Gasteiger partial charge is 0.134 e. The van der Waals surface area contributed by atoms with E-state index in [0.29, 0.717) is 5.69 Å². The van der Waals surface area contributed by atoms with Gasteiger partial charge in [0.1, 0.15) is 5.58 Å². The van der Waals surface area contributed by atoms with Gasteiger partial charge >= 0.3 is 0 Å². The summed E-state index contributed by atoms with van der Waals surface area (Å²) >= 11 is 0. The number of anilines is 1. The van der Waals surface area contributed by atoms with Gasteiger partial charge in [0, 0.05) is 5.39 Å². The molecular weight excluding hydrogens is 194 g/mol. The first-order chi connectivity index (χ1) is 7.27. The largest absolute Gasteiger partial charge is 0.733 e. The van der Waals surface area contributed by atoms with Crippen molar-refractivity contribution in [2.45, 2.75) is 19.3 Å². The zero-order valence-electron chi connectivity index (χ0n) is 8.06. The highest BCUT2D eigenvalue weighted by Crippen LogP contribution is 2.36. The molecule has 1 aliphatic carbocycles. The van der Waals surface area contributed by atoms with Crippen molar-refractivity contribution in [1.29, 1.82) is 0 Å². The minimum Gasteiger partial charge on any atom is -0.733 e. The van der Waals surface area contributed by atoms with Gasteiger partial charge in [0.2, 0.25) is 0 Å². The average molecular weight is 204 g/mol. The first kappa shape index (κ1) is 8.76. The summed E-state index contributed by atoms with van der Waals surface area (Å²) in [6.45, 7) is 0. The van der Waals surface area contributed by atoms with Crippen LogP contribution >= 0.6 is 0 Å². The highest BCUT2D eigenvalue weighted by Gasteiger charge is 2.18. The normalized spacial score (nSPS) is 14.5. The second-order valence-electron chi connectivity index (χ2n) is 3.82. The van der Waals surface area contributed by atoms with E-state index < -0.39 is 0 Å². The Bertz CT molecular complexity index is 516. The van der Waals surface area contributed by atoms with E-state index in [0.717, 1.165) is 41.4 Å². The van der Waals surface area contributed by atoms with Crippen LogP contribution in [0.4, 0.5) is 5.69 Å². The quantitative estimate of drug-likeness (QED) is 0.725. The van der Waals surface area contributed by atoms with E-state index in [1.807, 2.05) is 0 Å². The molecule has 1 aromatic carbocycles. The summed E-state index contributed by atoms with van der Waals surface area (Å²) in [7, 11) is 0. The van der Waals surface area contributed by atoms with Crippen LogP contribution in [0, 0.1) is 5.21 Å². The third kappa shape index (κ3) is 1.15. The standard InChI is InChI=1S/C11H10NO3/c13-12(14)9-4-5-10-11-7(6-15-10)2-1-3-8(9)11/h4-6,13H,1-3H2/q-1. The number of rotatable bonds is 1. The lowest BCUT2D eigenvalue weighted by molar-refractivity contribution is 0.295. The lowest BCUT2D eigenvalue weighted by atomic mass is 9.92. The number of hydrogen-bond donors (Lipinski definition) is 1. The summed E-state index contributed by atoms with van der Waals surface area (Å²) < 4.78 is 5.39. The van der Waals surface area contributed by atoms with Crippen molar-refractivity contribution >= 4 is 16.7 Å². The second-order valence-corrected chi connectivity index (χ2v) is 3.82. The average Bonchev–Trinajstić information content (AvgIpc) is 2.64. The summed E-state index contributed by atoms with van der Waals surface area (Å²) in [4.78, 5) is 0. The van der Waals surface area contributed by atoms with E-state index >= 15 is 0 Å². The van der Waals surface area contributed by atoms with Crippen molar-refractivity contribution < 1.29 is 9.62 Å². The molecule has 4 nitrogen and oxygen atoms in total. The minimum atomic E-state index is -0.0587. The number of hydrogen-bond acceptors (Lipinski definition) is 4. The molecule has 0 unspecified atom stereocenters. The highest BCUT2D eigenvalue weighted by atomic mass is 16.8. The van der Waals surface area contributed by atoms with E-state index in [9.17, 15) is 5.21 Å². The molecule has 0 bridgehead atoms. The van der Waals surface area contributed by atoms with Crippen molar-refractivity contribution in [3.05, 3.63) is 34.7 Å². The van der Waals surface area contributed by atoms with Gasteiger partial charge in [-0.25, -0.2) is 0 Å². The zero-order valence-corrected chi connectivity index (χ0v) is 8.06. The molecule has 78 valence electrons. The molecule has 1 N–H and O–H groups in total. The van der Waals surface area contributed by atoms with Crippen LogP contribution in [0.25, 0.3) is 11.0 Å². The van der Waals surface area contributed by atoms with Crippen LogP contribution in [0.3, 0.4) is 0 Å². The van der Waals surface area contributed by atoms with Gasteiger partial charge < -0.3 is 14.9 Å². The van der Waals surface area contributed by atoms with Gasteiger partial charge in [0.25, 0.3) is 0 Å². The number of aryl methyl sites for hydroxylation is 2. The number of benzene rings is 1. The third-order valence-electron chi connectivity index (χ3n) is 2.98. The van der Waals surface area contributed by atoms with Gasteiger partial charge in [-0.2, -0.15) is 0 Å². The first-order valence-electron chi connectivity index (χ1n) is 4.95. The molecule has 1 aromatic heterocycles. The summed E-state index contributed by atoms with van der Waals surface area (Å²) in [5.74, 6) is 0. The lowest BCUT2D eigenvalue weighted by Gasteiger charge is -2.26. The molecule has 0 saturated carbocycles. The van der Waals surface area contributed by atoms with Crippen LogP contribution < -0.4 is 5.23 Å². The summed E-state index contributed by atoms with van der Waals surface area (Å²) in [6, 6.07) is 3.33. The van der Waals surface area contributed by atoms with E-state index in [1.165, 1.54) is 0 Å². The van der Waals surface area contributed by atoms with Crippen molar-refractivity contribution in [2.24, 2.45) is 0 Å². The Morgan fingerprint density at radius 3 is 3.00 bits per heavy atom. The number of nitrogens with zero attached hydrogens (tertiary/aromatic N) is 1. The fraction of sp³-hybridized carbons (Fsp3) is 0.273. The monoisotopic (exact) mass is 204 g/mol. The highest BCUT2D eigenvalue weighted by molar-refractivity contribution is 5.90.